The number of nitrogens with one attached hydrogen (secondary N) is 1. The van der Waals surface area contributed by atoms with Crippen LogP contribution in [-0.2, 0) is 10.2 Å². The maximum Gasteiger partial charge on any atom is 0.235 e. The maximum atomic E-state index is 13.3. The highest BCUT2D eigenvalue weighted by atomic mass is 16.2. The van der Waals surface area contributed by atoms with Crippen molar-refractivity contribution in [2.24, 2.45) is 0 Å². The number of rotatable bonds is 8. The first kappa shape index (κ1) is 17.7. The number of hydrogen-bond donors (Lipinski definition) is 2. The molecule has 132 valence electrons. The van der Waals surface area contributed by atoms with Crippen LogP contribution in [0.15, 0.2) is 48.5 Å². The number of likely N-dealkylation sites (N-methyl/N-ethyl adjacent to an activating group) is 1. The van der Waals surface area contributed by atoms with Gasteiger partial charge in [0, 0.05) is 13.2 Å². The molecule has 1 aliphatic rings. The summed E-state index contributed by atoms with van der Waals surface area (Å²) in [5.41, 5.74) is 4.02. The van der Waals surface area contributed by atoms with Crippen molar-refractivity contribution in [2.45, 2.75) is 44.4 Å². The van der Waals surface area contributed by atoms with Crippen LogP contribution in [0.3, 0.4) is 0 Å². The largest absolute Gasteiger partial charge is 0.396 e. The van der Waals surface area contributed by atoms with Gasteiger partial charge in [0.1, 0.15) is 5.41 Å². The lowest BCUT2D eigenvalue weighted by molar-refractivity contribution is -0.125. The summed E-state index contributed by atoms with van der Waals surface area (Å²) in [4.78, 5) is 13.3. The van der Waals surface area contributed by atoms with Gasteiger partial charge in [-0.15, -0.1) is 0 Å². The van der Waals surface area contributed by atoms with Gasteiger partial charge in [0.25, 0.3) is 0 Å². The Morgan fingerprint density at radius 3 is 2.04 bits per heavy atom. The fourth-order valence-electron chi connectivity index (χ4n) is 4.12. The van der Waals surface area contributed by atoms with Gasteiger partial charge < -0.3 is 10.4 Å². The summed E-state index contributed by atoms with van der Waals surface area (Å²) >= 11 is 0. The Hall–Kier alpha value is -2.13. The van der Waals surface area contributed by atoms with Crippen molar-refractivity contribution in [3.05, 3.63) is 59.7 Å². The molecule has 3 nitrogen and oxygen atoms in total. The van der Waals surface area contributed by atoms with Crippen LogP contribution in [-0.4, -0.2) is 24.2 Å². The van der Waals surface area contributed by atoms with Crippen molar-refractivity contribution in [1.29, 1.82) is 0 Å². The lowest BCUT2D eigenvalue weighted by Crippen LogP contribution is -2.44. The molecule has 0 spiro atoms. The minimum atomic E-state index is -0.595. The summed E-state index contributed by atoms with van der Waals surface area (Å²) in [7, 11) is 0. The van der Waals surface area contributed by atoms with Gasteiger partial charge in [-0.05, 0) is 42.0 Å². The second-order valence-electron chi connectivity index (χ2n) is 6.74. The maximum absolute atomic E-state index is 13.3. The summed E-state index contributed by atoms with van der Waals surface area (Å²) in [5.74, 6) is 0.106. The van der Waals surface area contributed by atoms with E-state index in [1.807, 2.05) is 31.2 Å². The predicted octanol–water partition coefficient (Wildman–Crippen LogP) is 4.03. The number of aliphatic hydroxyl groups is 1. The normalized spacial score (nSPS) is 14.0. The van der Waals surface area contributed by atoms with Crippen LogP contribution < -0.4 is 5.32 Å². The third-order valence-electron chi connectivity index (χ3n) is 5.25. The summed E-state index contributed by atoms with van der Waals surface area (Å²) < 4.78 is 0. The van der Waals surface area contributed by atoms with Gasteiger partial charge in [-0.1, -0.05) is 67.8 Å². The first-order chi connectivity index (χ1) is 12.3. The van der Waals surface area contributed by atoms with E-state index in [1.54, 1.807) is 0 Å². The molecular formula is C22H27NO2. The highest BCUT2D eigenvalue weighted by molar-refractivity contribution is 6.00. The van der Waals surface area contributed by atoms with Crippen LogP contribution in [0.2, 0.25) is 0 Å². The molecule has 0 saturated heterocycles. The Morgan fingerprint density at radius 1 is 0.920 bits per heavy atom. The Balaban J connectivity index is 2.02. The monoisotopic (exact) mass is 337 g/mol. The third kappa shape index (κ3) is 3.09. The summed E-state index contributed by atoms with van der Waals surface area (Å²) in [6, 6.07) is 16.6. The molecule has 0 saturated carbocycles. The third-order valence-corrected chi connectivity index (χ3v) is 5.25. The van der Waals surface area contributed by atoms with Crippen molar-refractivity contribution in [3.8, 4) is 11.1 Å². The van der Waals surface area contributed by atoms with Crippen LogP contribution >= 0.6 is 0 Å². The number of carbonyl (C=O) groups excluding carboxylic acids is 1. The average Bonchev–Trinajstić information content (AvgIpc) is 2.93. The van der Waals surface area contributed by atoms with E-state index >= 15 is 0 Å². The Morgan fingerprint density at radius 2 is 1.48 bits per heavy atom. The summed E-state index contributed by atoms with van der Waals surface area (Å²) in [5, 5.41) is 12.1. The minimum absolute atomic E-state index is 0.106. The van der Waals surface area contributed by atoms with Gasteiger partial charge in [0.2, 0.25) is 5.91 Å². The first-order valence-corrected chi connectivity index (χ1v) is 9.34. The molecule has 2 N–H and O–H groups in total. The Kier molecular flexibility index (Phi) is 5.54. The zero-order valence-corrected chi connectivity index (χ0v) is 14.9. The molecule has 0 aromatic heterocycles. The van der Waals surface area contributed by atoms with Crippen molar-refractivity contribution in [2.75, 3.05) is 13.2 Å². The standard InChI is InChI=1S/C22H27NO2/c1-2-23-21(25)22(15-9-3-4-10-16-24)19-13-7-5-11-17(19)18-12-6-8-14-20(18)22/h5-8,11-14,24H,2-4,9-10,15-16H2,1H3,(H,23,25). The van der Waals surface area contributed by atoms with E-state index in [2.05, 4.69) is 29.6 Å². The minimum Gasteiger partial charge on any atom is -0.396 e. The van der Waals surface area contributed by atoms with E-state index in [-0.39, 0.29) is 12.5 Å². The zero-order valence-electron chi connectivity index (χ0n) is 14.9. The fraction of sp³-hybridized carbons (Fsp3) is 0.409. The van der Waals surface area contributed by atoms with Crippen LogP contribution in [0.4, 0.5) is 0 Å². The zero-order chi connectivity index (χ0) is 17.7. The molecule has 1 aliphatic carbocycles. The van der Waals surface area contributed by atoms with Crippen LogP contribution in [0.1, 0.15) is 50.2 Å². The van der Waals surface area contributed by atoms with E-state index < -0.39 is 5.41 Å². The molecule has 0 fully saturated rings. The molecule has 0 radical (unpaired) electrons. The lowest BCUT2D eigenvalue weighted by Gasteiger charge is -2.31. The Labute approximate surface area is 150 Å². The molecule has 25 heavy (non-hydrogen) atoms. The second-order valence-corrected chi connectivity index (χ2v) is 6.74. The topological polar surface area (TPSA) is 49.3 Å². The molecule has 3 heteroatoms. The van der Waals surface area contributed by atoms with Gasteiger partial charge in [0.05, 0.1) is 0 Å². The number of carbonyl (C=O) groups is 1. The van der Waals surface area contributed by atoms with E-state index in [0.29, 0.717) is 6.54 Å². The highest BCUT2D eigenvalue weighted by Crippen LogP contribution is 2.51. The van der Waals surface area contributed by atoms with Crippen LogP contribution in [0.5, 0.6) is 0 Å². The van der Waals surface area contributed by atoms with Crippen molar-refractivity contribution >= 4 is 5.91 Å². The number of benzene rings is 2. The highest BCUT2D eigenvalue weighted by Gasteiger charge is 2.48. The number of aliphatic hydroxyl groups excluding tert-OH is 1. The molecule has 0 heterocycles. The number of fused-ring (bicyclic) bond motifs is 3. The number of hydrogen-bond acceptors (Lipinski definition) is 2. The van der Waals surface area contributed by atoms with Gasteiger partial charge >= 0.3 is 0 Å². The summed E-state index contributed by atoms with van der Waals surface area (Å²) in [6.45, 7) is 2.85. The van der Waals surface area contributed by atoms with E-state index in [0.717, 1.165) is 43.2 Å². The van der Waals surface area contributed by atoms with Crippen LogP contribution in [0, 0.1) is 0 Å². The second kappa shape index (κ2) is 7.83. The van der Waals surface area contributed by atoms with Crippen molar-refractivity contribution in [1.82, 2.24) is 5.32 Å². The fourth-order valence-corrected chi connectivity index (χ4v) is 4.12. The SMILES string of the molecule is CCNC(=O)C1(CCCCCCO)c2ccccc2-c2ccccc21. The molecule has 3 rings (SSSR count). The van der Waals surface area contributed by atoms with E-state index in [9.17, 15) is 4.79 Å². The van der Waals surface area contributed by atoms with Crippen molar-refractivity contribution in [3.63, 3.8) is 0 Å². The van der Waals surface area contributed by atoms with Gasteiger partial charge in [-0.3, -0.25) is 4.79 Å². The number of unbranched alkanes of at least 4 members (excludes halogenated alkanes) is 3. The van der Waals surface area contributed by atoms with Crippen molar-refractivity contribution < 1.29 is 9.90 Å². The van der Waals surface area contributed by atoms with E-state index in [4.69, 9.17) is 5.11 Å². The van der Waals surface area contributed by atoms with E-state index in [1.165, 1.54) is 11.1 Å². The van der Waals surface area contributed by atoms with Gasteiger partial charge in [-0.2, -0.15) is 0 Å². The molecule has 0 aliphatic heterocycles. The van der Waals surface area contributed by atoms with Crippen LogP contribution in [0.25, 0.3) is 11.1 Å². The van der Waals surface area contributed by atoms with Gasteiger partial charge in [0.15, 0.2) is 0 Å². The predicted molar refractivity (Wildman–Crippen MR) is 102 cm³/mol. The molecule has 2 aromatic rings. The Bertz CT molecular complexity index is 693. The molecule has 0 atom stereocenters. The quantitative estimate of drug-likeness (QED) is 0.715. The first-order valence-electron chi connectivity index (χ1n) is 9.34. The summed E-state index contributed by atoms with van der Waals surface area (Å²) in [6.07, 6.45) is 4.65. The lowest BCUT2D eigenvalue weighted by atomic mass is 9.73. The van der Waals surface area contributed by atoms with Gasteiger partial charge in [-0.25, -0.2) is 0 Å². The molecular weight excluding hydrogens is 310 g/mol. The molecule has 2 aromatic carbocycles. The average molecular weight is 337 g/mol. The molecule has 0 unspecified atom stereocenters. The molecule has 0 bridgehead atoms. The number of amides is 1. The molecule has 1 amide bonds. The smallest absolute Gasteiger partial charge is 0.235 e.